The first kappa shape index (κ1) is 19.1. The van der Waals surface area contributed by atoms with Crippen LogP contribution in [0.5, 0.6) is 0 Å². The van der Waals surface area contributed by atoms with Gasteiger partial charge in [-0.1, -0.05) is 26.8 Å². The number of rotatable bonds is 9. The van der Waals surface area contributed by atoms with E-state index in [1.807, 2.05) is 13.8 Å². The van der Waals surface area contributed by atoms with Crippen molar-refractivity contribution >= 4 is 5.97 Å². The molecule has 1 N–H and O–H groups in total. The minimum Gasteiger partial charge on any atom is -0.459 e. The van der Waals surface area contributed by atoms with Gasteiger partial charge in [-0.3, -0.25) is 0 Å². The van der Waals surface area contributed by atoms with Crippen LogP contribution < -0.4 is 0 Å². The van der Waals surface area contributed by atoms with Crippen molar-refractivity contribution in [1.82, 2.24) is 0 Å². The third kappa shape index (κ3) is 6.90. The molecule has 0 amide bonds. The fourth-order valence-corrected chi connectivity index (χ4v) is 2.68. The molecule has 0 aromatic heterocycles. The average molecular weight is 314 g/mol. The minimum atomic E-state index is -0.480. The molecule has 0 bridgehead atoms. The molecule has 1 fully saturated rings. The maximum Gasteiger partial charge on any atom is 0.330 e. The van der Waals surface area contributed by atoms with Gasteiger partial charge in [0.15, 0.2) is 6.29 Å². The summed E-state index contributed by atoms with van der Waals surface area (Å²) in [6.07, 6.45) is 4.47. The van der Waals surface area contributed by atoms with Crippen LogP contribution in [0.4, 0.5) is 0 Å². The maximum atomic E-state index is 11.5. The molecule has 0 aromatic carbocycles. The molecule has 0 aromatic rings. The standard InChI is InChI=1S/C17H30O5/c1-5-8-17-20-12(4)9-14(22-17)11-15(10-13(18)6-2)21-16(19)7-3/h7,12-15,17-18H,3,5-6,8-11H2,1-2,4H3. The van der Waals surface area contributed by atoms with Gasteiger partial charge in [0.1, 0.15) is 6.10 Å². The first-order valence-electron chi connectivity index (χ1n) is 8.30. The molecule has 5 unspecified atom stereocenters. The number of ether oxygens (including phenoxy) is 3. The van der Waals surface area contributed by atoms with E-state index in [2.05, 4.69) is 13.5 Å². The van der Waals surface area contributed by atoms with Crippen LogP contribution in [0, 0.1) is 0 Å². The lowest BCUT2D eigenvalue weighted by Crippen LogP contribution is -2.39. The lowest BCUT2D eigenvalue weighted by atomic mass is 9.99. The second kappa shape index (κ2) is 9.98. The van der Waals surface area contributed by atoms with Gasteiger partial charge in [0.05, 0.1) is 18.3 Å². The Morgan fingerprint density at radius 2 is 2.18 bits per heavy atom. The van der Waals surface area contributed by atoms with E-state index in [4.69, 9.17) is 14.2 Å². The van der Waals surface area contributed by atoms with Crippen LogP contribution in [-0.4, -0.2) is 41.8 Å². The van der Waals surface area contributed by atoms with Crippen LogP contribution in [0.3, 0.4) is 0 Å². The molecule has 1 aliphatic heterocycles. The Kier molecular flexibility index (Phi) is 8.68. The van der Waals surface area contributed by atoms with Crippen molar-refractivity contribution in [3.05, 3.63) is 12.7 Å². The molecular formula is C17H30O5. The Balaban J connectivity index is 2.61. The normalized spacial score (nSPS) is 27.9. The highest BCUT2D eigenvalue weighted by Gasteiger charge is 2.30. The Morgan fingerprint density at radius 3 is 2.77 bits per heavy atom. The molecule has 1 rings (SSSR count). The lowest BCUT2D eigenvalue weighted by Gasteiger charge is -2.36. The van der Waals surface area contributed by atoms with Gasteiger partial charge in [0.25, 0.3) is 0 Å². The molecule has 5 heteroatoms. The van der Waals surface area contributed by atoms with Crippen molar-refractivity contribution in [2.75, 3.05) is 0 Å². The quantitative estimate of drug-likeness (QED) is 0.523. The Labute approximate surface area is 133 Å². The first-order valence-corrected chi connectivity index (χ1v) is 8.30. The average Bonchev–Trinajstić information content (AvgIpc) is 2.46. The van der Waals surface area contributed by atoms with Crippen LogP contribution in [0.1, 0.15) is 59.3 Å². The third-order valence-corrected chi connectivity index (χ3v) is 3.83. The van der Waals surface area contributed by atoms with Crippen LogP contribution in [-0.2, 0) is 19.0 Å². The van der Waals surface area contributed by atoms with E-state index in [-0.39, 0.29) is 24.6 Å². The van der Waals surface area contributed by atoms with Crippen LogP contribution in [0.15, 0.2) is 12.7 Å². The summed E-state index contributed by atoms with van der Waals surface area (Å²) >= 11 is 0. The highest BCUT2D eigenvalue weighted by molar-refractivity contribution is 5.81. The van der Waals surface area contributed by atoms with E-state index in [0.29, 0.717) is 19.3 Å². The molecule has 5 nitrogen and oxygen atoms in total. The topological polar surface area (TPSA) is 65.0 Å². The highest BCUT2D eigenvalue weighted by atomic mass is 16.7. The number of carbonyl (C=O) groups is 1. The third-order valence-electron chi connectivity index (χ3n) is 3.83. The predicted molar refractivity (Wildman–Crippen MR) is 84.3 cm³/mol. The van der Waals surface area contributed by atoms with Crippen molar-refractivity contribution < 1.29 is 24.1 Å². The number of hydrogen-bond acceptors (Lipinski definition) is 5. The van der Waals surface area contributed by atoms with Crippen molar-refractivity contribution in [2.45, 2.75) is 90.0 Å². The number of aliphatic hydroxyl groups excluding tert-OH is 1. The summed E-state index contributed by atoms with van der Waals surface area (Å²) in [5, 5.41) is 9.85. The summed E-state index contributed by atoms with van der Waals surface area (Å²) in [6, 6.07) is 0. The van der Waals surface area contributed by atoms with Crippen LogP contribution in [0.25, 0.3) is 0 Å². The van der Waals surface area contributed by atoms with Crippen molar-refractivity contribution in [3.8, 4) is 0 Å². The molecule has 1 aliphatic rings. The first-order chi connectivity index (χ1) is 10.5. The zero-order valence-corrected chi connectivity index (χ0v) is 14.0. The minimum absolute atomic E-state index is 0.0213. The summed E-state index contributed by atoms with van der Waals surface area (Å²) < 4.78 is 17.1. The van der Waals surface area contributed by atoms with Crippen molar-refractivity contribution in [3.63, 3.8) is 0 Å². The van der Waals surface area contributed by atoms with Gasteiger partial charge in [0.2, 0.25) is 0 Å². The molecule has 1 heterocycles. The van der Waals surface area contributed by atoms with Gasteiger partial charge in [-0.25, -0.2) is 4.79 Å². The molecular weight excluding hydrogens is 284 g/mol. The highest BCUT2D eigenvalue weighted by Crippen LogP contribution is 2.26. The lowest BCUT2D eigenvalue weighted by molar-refractivity contribution is -0.245. The fourth-order valence-electron chi connectivity index (χ4n) is 2.68. The molecule has 22 heavy (non-hydrogen) atoms. The molecule has 0 radical (unpaired) electrons. The van der Waals surface area contributed by atoms with Gasteiger partial charge in [-0.2, -0.15) is 0 Å². The summed E-state index contributed by atoms with van der Waals surface area (Å²) in [4.78, 5) is 11.5. The van der Waals surface area contributed by atoms with Gasteiger partial charge in [-0.15, -0.1) is 0 Å². The molecule has 0 spiro atoms. The van der Waals surface area contributed by atoms with E-state index in [1.165, 1.54) is 0 Å². The van der Waals surface area contributed by atoms with Gasteiger partial charge >= 0.3 is 5.97 Å². The van der Waals surface area contributed by atoms with E-state index >= 15 is 0 Å². The number of carbonyl (C=O) groups excluding carboxylic acids is 1. The Bertz CT molecular complexity index is 344. The monoisotopic (exact) mass is 314 g/mol. The van der Waals surface area contributed by atoms with E-state index < -0.39 is 12.1 Å². The largest absolute Gasteiger partial charge is 0.459 e. The molecule has 1 saturated heterocycles. The van der Waals surface area contributed by atoms with Crippen LogP contribution in [0.2, 0.25) is 0 Å². The van der Waals surface area contributed by atoms with Crippen molar-refractivity contribution in [1.29, 1.82) is 0 Å². The number of esters is 1. The number of aliphatic hydroxyl groups is 1. The van der Waals surface area contributed by atoms with E-state index in [0.717, 1.165) is 25.3 Å². The summed E-state index contributed by atoms with van der Waals surface area (Å²) in [6.45, 7) is 9.45. The van der Waals surface area contributed by atoms with E-state index in [9.17, 15) is 9.90 Å². The Morgan fingerprint density at radius 1 is 1.45 bits per heavy atom. The molecule has 5 atom stereocenters. The molecule has 0 saturated carbocycles. The zero-order valence-electron chi connectivity index (χ0n) is 14.0. The Hall–Kier alpha value is -0.910. The smallest absolute Gasteiger partial charge is 0.330 e. The van der Waals surface area contributed by atoms with Gasteiger partial charge < -0.3 is 19.3 Å². The molecule has 128 valence electrons. The van der Waals surface area contributed by atoms with Crippen molar-refractivity contribution in [2.24, 2.45) is 0 Å². The molecule has 0 aliphatic carbocycles. The van der Waals surface area contributed by atoms with Gasteiger partial charge in [0, 0.05) is 18.9 Å². The fraction of sp³-hybridized carbons (Fsp3) is 0.824. The maximum absolute atomic E-state index is 11.5. The predicted octanol–water partition coefficient (Wildman–Crippen LogP) is 2.96. The number of hydrogen-bond donors (Lipinski definition) is 1. The summed E-state index contributed by atoms with van der Waals surface area (Å²) in [7, 11) is 0. The summed E-state index contributed by atoms with van der Waals surface area (Å²) in [5.74, 6) is -0.460. The van der Waals surface area contributed by atoms with Gasteiger partial charge in [-0.05, 0) is 26.2 Å². The summed E-state index contributed by atoms with van der Waals surface area (Å²) in [5.41, 5.74) is 0. The van der Waals surface area contributed by atoms with Crippen LogP contribution >= 0.6 is 0 Å². The SMILES string of the molecule is C=CC(=O)OC(CC(O)CC)CC1CC(C)OC(CCC)O1. The second-order valence-corrected chi connectivity index (χ2v) is 5.96. The van der Waals surface area contributed by atoms with E-state index in [1.54, 1.807) is 0 Å². The zero-order chi connectivity index (χ0) is 16.5. The second-order valence-electron chi connectivity index (χ2n) is 5.96.